The number of nitrogens with zero attached hydrogens (tertiary/aromatic N) is 2. The van der Waals surface area contributed by atoms with Crippen LogP contribution < -0.4 is 10.2 Å². The maximum Gasteiger partial charge on any atom is 0.226 e. The number of rotatable bonds is 3. The molecule has 27 heavy (non-hydrogen) atoms. The standard InChI is InChI=1S/C21H28BrN3O2/c22-16-3-4-18(23-11-16)25-5-1-2-17(12-25)24-20(27)21-8-13-6-14(9-21)19(26)15(7-13)10-21/h3-4,11,13-15,17,19,26H,1-2,5-10,12H2,(H,24,27). The van der Waals surface area contributed by atoms with Crippen LogP contribution in [0.4, 0.5) is 5.82 Å². The zero-order chi connectivity index (χ0) is 18.6. The predicted molar refractivity (Wildman–Crippen MR) is 107 cm³/mol. The first-order valence-electron chi connectivity index (χ1n) is 10.4. The third-order valence-corrected chi connectivity index (χ3v) is 7.97. The van der Waals surface area contributed by atoms with E-state index in [-0.39, 0.29) is 23.5 Å². The van der Waals surface area contributed by atoms with Crippen molar-refractivity contribution in [3.8, 4) is 0 Å². The Labute approximate surface area is 169 Å². The zero-order valence-electron chi connectivity index (χ0n) is 15.6. The van der Waals surface area contributed by atoms with E-state index in [9.17, 15) is 9.90 Å². The molecule has 1 amide bonds. The third-order valence-electron chi connectivity index (χ3n) is 7.50. The number of anilines is 1. The van der Waals surface area contributed by atoms with Gasteiger partial charge in [0.2, 0.25) is 5.91 Å². The lowest BCUT2D eigenvalue weighted by atomic mass is 9.48. The summed E-state index contributed by atoms with van der Waals surface area (Å²) in [6, 6.07) is 4.25. The Morgan fingerprint density at radius 1 is 1.26 bits per heavy atom. The molecule has 1 aliphatic heterocycles. The molecule has 0 radical (unpaired) electrons. The topological polar surface area (TPSA) is 65.5 Å². The SMILES string of the molecule is O=C(NC1CCCN(c2ccc(Br)cn2)C1)C12CC3CC(C1)C(O)C(C3)C2. The van der Waals surface area contributed by atoms with Gasteiger partial charge in [0.1, 0.15) is 5.82 Å². The van der Waals surface area contributed by atoms with Crippen LogP contribution in [0.3, 0.4) is 0 Å². The third kappa shape index (κ3) is 3.19. The highest BCUT2D eigenvalue weighted by molar-refractivity contribution is 9.10. The molecule has 0 spiro atoms. The first-order chi connectivity index (χ1) is 13.0. The number of halogens is 1. The molecule has 2 N–H and O–H groups in total. The molecule has 1 saturated heterocycles. The van der Waals surface area contributed by atoms with Gasteiger partial charge in [0.25, 0.3) is 0 Å². The molecule has 6 heteroatoms. The first-order valence-corrected chi connectivity index (χ1v) is 11.2. The van der Waals surface area contributed by atoms with Crippen LogP contribution in [-0.4, -0.2) is 41.2 Å². The van der Waals surface area contributed by atoms with Gasteiger partial charge in [-0.1, -0.05) is 0 Å². The van der Waals surface area contributed by atoms with Crippen LogP contribution in [0.15, 0.2) is 22.8 Å². The normalized spacial score (nSPS) is 40.2. The Bertz CT molecular complexity index is 709. The van der Waals surface area contributed by atoms with Gasteiger partial charge in [-0.15, -0.1) is 0 Å². The molecule has 6 rings (SSSR count). The van der Waals surface area contributed by atoms with E-state index < -0.39 is 0 Å². The van der Waals surface area contributed by atoms with Crippen molar-refractivity contribution >= 4 is 27.7 Å². The molecule has 0 aromatic carbocycles. The van der Waals surface area contributed by atoms with Gasteiger partial charge < -0.3 is 15.3 Å². The smallest absolute Gasteiger partial charge is 0.226 e. The summed E-state index contributed by atoms with van der Waals surface area (Å²) in [5.41, 5.74) is -0.214. The molecule has 3 atom stereocenters. The minimum Gasteiger partial charge on any atom is -0.393 e. The molecule has 3 unspecified atom stereocenters. The van der Waals surface area contributed by atoms with Gasteiger partial charge in [-0.25, -0.2) is 4.98 Å². The lowest BCUT2D eigenvalue weighted by molar-refractivity contribution is -0.163. The molecular weight excluding hydrogens is 406 g/mol. The summed E-state index contributed by atoms with van der Waals surface area (Å²) in [5, 5.41) is 13.9. The molecule has 4 aliphatic carbocycles. The van der Waals surface area contributed by atoms with Crippen LogP contribution >= 0.6 is 15.9 Å². The molecule has 2 heterocycles. The van der Waals surface area contributed by atoms with Crippen LogP contribution in [0.1, 0.15) is 44.9 Å². The van der Waals surface area contributed by atoms with Crippen LogP contribution in [-0.2, 0) is 4.79 Å². The monoisotopic (exact) mass is 433 g/mol. The van der Waals surface area contributed by atoms with Gasteiger partial charge in [0, 0.05) is 29.8 Å². The molecule has 5 nitrogen and oxygen atoms in total. The second-order valence-electron chi connectivity index (χ2n) is 9.33. The van der Waals surface area contributed by atoms with E-state index in [1.165, 1.54) is 0 Å². The van der Waals surface area contributed by atoms with E-state index >= 15 is 0 Å². The fourth-order valence-corrected chi connectivity index (χ4v) is 6.71. The summed E-state index contributed by atoms with van der Waals surface area (Å²) in [6.45, 7) is 1.82. The Morgan fingerprint density at radius 2 is 2.04 bits per heavy atom. The maximum atomic E-state index is 13.3. The molecule has 4 bridgehead atoms. The Hall–Kier alpha value is -1.14. The number of carbonyl (C=O) groups is 1. The van der Waals surface area contributed by atoms with Gasteiger partial charge in [0.05, 0.1) is 11.5 Å². The fraction of sp³-hybridized carbons (Fsp3) is 0.714. The van der Waals surface area contributed by atoms with Crippen molar-refractivity contribution in [3.63, 3.8) is 0 Å². The number of hydrogen-bond donors (Lipinski definition) is 2. The van der Waals surface area contributed by atoms with Crippen LogP contribution in [0.5, 0.6) is 0 Å². The average molecular weight is 434 g/mol. The Kier molecular flexibility index (Phi) is 4.47. The second kappa shape index (κ2) is 6.73. The van der Waals surface area contributed by atoms with Crippen molar-refractivity contribution in [2.45, 2.75) is 57.1 Å². The molecule has 4 saturated carbocycles. The van der Waals surface area contributed by atoms with Crippen molar-refractivity contribution in [1.29, 1.82) is 0 Å². The molecular formula is C21H28BrN3O2. The van der Waals surface area contributed by atoms with E-state index in [0.29, 0.717) is 17.8 Å². The van der Waals surface area contributed by atoms with Gasteiger partial charge >= 0.3 is 0 Å². The highest BCUT2D eigenvalue weighted by Gasteiger charge is 2.58. The number of piperidine rings is 1. The van der Waals surface area contributed by atoms with Gasteiger partial charge in [-0.3, -0.25) is 4.79 Å². The summed E-state index contributed by atoms with van der Waals surface area (Å²) in [4.78, 5) is 20.1. The van der Waals surface area contributed by atoms with E-state index in [1.807, 2.05) is 18.3 Å². The highest BCUT2D eigenvalue weighted by Crippen LogP contribution is 2.60. The van der Waals surface area contributed by atoms with Crippen molar-refractivity contribution in [2.24, 2.45) is 23.2 Å². The molecule has 5 aliphatic rings. The Balaban J connectivity index is 1.26. The average Bonchev–Trinajstić information content (AvgIpc) is 2.66. The highest BCUT2D eigenvalue weighted by atomic mass is 79.9. The van der Waals surface area contributed by atoms with E-state index in [4.69, 9.17) is 0 Å². The van der Waals surface area contributed by atoms with E-state index in [2.05, 4.69) is 31.1 Å². The lowest BCUT2D eigenvalue weighted by Gasteiger charge is -2.58. The molecule has 1 aromatic rings. The number of aliphatic hydroxyl groups is 1. The predicted octanol–water partition coefficient (Wildman–Crippen LogP) is 3.12. The summed E-state index contributed by atoms with van der Waals surface area (Å²) < 4.78 is 0.983. The number of carbonyl (C=O) groups excluding carboxylic acids is 1. The minimum atomic E-state index is -0.214. The number of aromatic nitrogens is 1. The van der Waals surface area contributed by atoms with E-state index in [0.717, 1.165) is 68.3 Å². The largest absolute Gasteiger partial charge is 0.393 e. The summed E-state index contributed by atoms with van der Waals surface area (Å²) in [5.74, 6) is 2.57. The summed E-state index contributed by atoms with van der Waals surface area (Å²) >= 11 is 3.44. The number of pyridine rings is 1. The van der Waals surface area contributed by atoms with Gasteiger partial charge in [-0.2, -0.15) is 0 Å². The fourth-order valence-electron chi connectivity index (χ4n) is 6.47. The Morgan fingerprint density at radius 3 is 2.74 bits per heavy atom. The molecule has 1 aromatic heterocycles. The van der Waals surface area contributed by atoms with Crippen molar-refractivity contribution in [3.05, 3.63) is 22.8 Å². The van der Waals surface area contributed by atoms with Crippen LogP contribution in [0.25, 0.3) is 0 Å². The minimum absolute atomic E-state index is 0.170. The number of hydrogen-bond acceptors (Lipinski definition) is 4. The molecule has 5 fully saturated rings. The zero-order valence-corrected chi connectivity index (χ0v) is 17.2. The second-order valence-corrected chi connectivity index (χ2v) is 10.2. The van der Waals surface area contributed by atoms with Crippen molar-refractivity contribution < 1.29 is 9.90 Å². The lowest BCUT2D eigenvalue weighted by Crippen LogP contribution is -2.60. The summed E-state index contributed by atoms with van der Waals surface area (Å²) in [6.07, 6.45) is 8.82. The van der Waals surface area contributed by atoms with Crippen molar-refractivity contribution in [1.82, 2.24) is 10.3 Å². The van der Waals surface area contributed by atoms with Gasteiger partial charge in [0.15, 0.2) is 0 Å². The maximum absolute atomic E-state index is 13.3. The first kappa shape index (κ1) is 17.9. The van der Waals surface area contributed by atoms with E-state index in [1.54, 1.807) is 0 Å². The summed E-state index contributed by atoms with van der Waals surface area (Å²) in [7, 11) is 0. The van der Waals surface area contributed by atoms with Crippen LogP contribution in [0.2, 0.25) is 0 Å². The number of aliphatic hydroxyl groups excluding tert-OH is 1. The quantitative estimate of drug-likeness (QED) is 0.768. The number of nitrogens with one attached hydrogen (secondary N) is 1. The van der Waals surface area contributed by atoms with Crippen molar-refractivity contribution in [2.75, 3.05) is 18.0 Å². The van der Waals surface area contributed by atoms with Crippen LogP contribution in [0, 0.1) is 23.2 Å². The van der Waals surface area contributed by atoms with Gasteiger partial charge in [-0.05, 0) is 90.8 Å². The molecule has 146 valence electrons. The number of amides is 1.